The van der Waals surface area contributed by atoms with Crippen LogP contribution >= 0.6 is 0 Å². The first kappa shape index (κ1) is 14.8. The lowest BCUT2D eigenvalue weighted by molar-refractivity contribution is 0.315. The van der Waals surface area contributed by atoms with Crippen molar-refractivity contribution in [3.63, 3.8) is 0 Å². The first-order valence-corrected chi connectivity index (χ1v) is 8.16. The molecule has 110 valence electrons. The minimum atomic E-state index is -3.73. The predicted molar refractivity (Wildman–Crippen MR) is 78.5 cm³/mol. The highest BCUT2D eigenvalue weighted by Crippen LogP contribution is 2.25. The highest BCUT2D eigenvalue weighted by Gasteiger charge is 2.17. The van der Waals surface area contributed by atoms with Gasteiger partial charge < -0.3 is 11.1 Å². The van der Waals surface area contributed by atoms with Gasteiger partial charge in [-0.05, 0) is 30.4 Å². The summed E-state index contributed by atoms with van der Waals surface area (Å²) in [6, 6.07) is 6.53. The van der Waals surface area contributed by atoms with Crippen molar-refractivity contribution in [3.8, 4) is 0 Å². The van der Waals surface area contributed by atoms with Crippen LogP contribution in [0.3, 0.4) is 0 Å². The van der Waals surface area contributed by atoms with E-state index in [1.807, 2.05) is 0 Å². The lowest BCUT2D eigenvalue weighted by Crippen LogP contribution is -2.37. The summed E-state index contributed by atoms with van der Waals surface area (Å²) < 4.78 is 22.9. The van der Waals surface area contributed by atoms with Gasteiger partial charge in [-0.15, -0.1) is 0 Å². The van der Waals surface area contributed by atoms with Gasteiger partial charge in [-0.1, -0.05) is 24.6 Å². The molecule has 1 aromatic rings. The van der Waals surface area contributed by atoms with E-state index in [4.69, 9.17) is 10.9 Å². The molecule has 1 fully saturated rings. The highest BCUT2D eigenvalue weighted by molar-refractivity contribution is 7.89. The summed E-state index contributed by atoms with van der Waals surface area (Å²) in [7, 11) is -3.73. The van der Waals surface area contributed by atoms with Crippen LogP contribution in [0.1, 0.15) is 24.8 Å². The summed E-state index contributed by atoms with van der Waals surface area (Å²) in [6.07, 6.45) is 3.74. The Morgan fingerprint density at radius 1 is 1.35 bits per heavy atom. The number of nitrogens with two attached hydrogens (primary N) is 2. The minimum absolute atomic E-state index is 0.0931. The second kappa shape index (κ2) is 6.23. The second-order valence-electron chi connectivity index (χ2n) is 5.03. The highest BCUT2D eigenvalue weighted by atomic mass is 32.2. The molecule has 0 radical (unpaired) electrons. The molecule has 5 N–H and O–H groups in total. The van der Waals surface area contributed by atoms with Crippen molar-refractivity contribution in [2.45, 2.75) is 30.7 Å². The molecule has 6 nitrogen and oxygen atoms in total. The monoisotopic (exact) mass is 296 g/mol. The predicted octanol–water partition coefficient (Wildman–Crippen LogP) is 0.538. The summed E-state index contributed by atoms with van der Waals surface area (Å²) >= 11 is 0. The molecular formula is C13H20N4O2S. The Morgan fingerprint density at radius 2 is 2.05 bits per heavy atom. The first-order valence-electron chi connectivity index (χ1n) is 6.61. The van der Waals surface area contributed by atoms with Gasteiger partial charge in [-0.2, -0.15) is 0 Å². The maximum Gasteiger partial charge on any atom is 0.238 e. The number of guanidine groups is 1. The van der Waals surface area contributed by atoms with E-state index in [0.717, 1.165) is 6.54 Å². The van der Waals surface area contributed by atoms with Gasteiger partial charge in [-0.25, -0.2) is 18.5 Å². The molecule has 0 spiro atoms. The largest absolute Gasteiger partial charge is 0.370 e. The van der Waals surface area contributed by atoms with Crippen molar-refractivity contribution in [2.24, 2.45) is 21.8 Å². The lowest BCUT2D eigenvalue weighted by Gasteiger charge is -2.25. The van der Waals surface area contributed by atoms with E-state index in [1.54, 1.807) is 18.2 Å². The molecule has 0 saturated heterocycles. The number of aliphatic imine (C=N–C) groups is 1. The molecule has 0 aliphatic heterocycles. The summed E-state index contributed by atoms with van der Waals surface area (Å²) in [5.74, 6) is 1.02. The first-order chi connectivity index (χ1) is 9.47. The molecule has 1 saturated carbocycles. The van der Waals surface area contributed by atoms with E-state index in [2.05, 4.69) is 10.3 Å². The molecule has 7 heteroatoms. The molecule has 2 rings (SSSR count). The fraction of sp³-hybridized carbons (Fsp3) is 0.462. The topological polar surface area (TPSA) is 111 Å². The number of nitrogens with one attached hydrogen (secondary N) is 1. The lowest BCUT2D eigenvalue weighted by atomic mass is 9.85. The zero-order valence-electron chi connectivity index (χ0n) is 11.2. The molecule has 0 bridgehead atoms. The second-order valence-corrected chi connectivity index (χ2v) is 6.56. The third-order valence-electron chi connectivity index (χ3n) is 3.50. The summed E-state index contributed by atoms with van der Waals surface area (Å²) in [6.45, 7) is 1.02. The molecule has 0 amide bonds. The van der Waals surface area contributed by atoms with Gasteiger partial charge in [0.2, 0.25) is 10.0 Å². The quantitative estimate of drug-likeness (QED) is 0.544. The Kier molecular flexibility index (Phi) is 4.61. The minimum Gasteiger partial charge on any atom is -0.370 e. The zero-order chi connectivity index (χ0) is 14.6. The van der Waals surface area contributed by atoms with Crippen molar-refractivity contribution >= 4 is 16.0 Å². The van der Waals surface area contributed by atoms with Gasteiger partial charge >= 0.3 is 0 Å². The van der Waals surface area contributed by atoms with E-state index < -0.39 is 10.0 Å². The number of primary sulfonamides is 1. The van der Waals surface area contributed by atoms with Crippen molar-refractivity contribution in [3.05, 3.63) is 29.8 Å². The van der Waals surface area contributed by atoms with E-state index in [9.17, 15) is 8.42 Å². The van der Waals surface area contributed by atoms with Crippen LogP contribution in [-0.2, 0) is 16.6 Å². The number of rotatable bonds is 5. The molecular weight excluding hydrogens is 276 g/mol. The average Bonchev–Trinajstić information content (AvgIpc) is 2.34. The van der Waals surface area contributed by atoms with E-state index >= 15 is 0 Å². The Bertz CT molecular complexity index is 594. The van der Waals surface area contributed by atoms with Crippen molar-refractivity contribution in [1.82, 2.24) is 5.32 Å². The maximum absolute atomic E-state index is 11.4. The van der Waals surface area contributed by atoms with Crippen LogP contribution in [0, 0.1) is 5.92 Å². The van der Waals surface area contributed by atoms with Gasteiger partial charge in [0.15, 0.2) is 5.96 Å². The van der Waals surface area contributed by atoms with Crippen LogP contribution in [0.4, 0.5) is 0 Å². The smallest absolute Gasteiger partial charge is 0.238 e. The van der Waals surface area contributed by atoms with Crippen LogP contribution in [-0.4, -0.2) is 20.9 Å². The standard InChI is InChI=1S/C13H20N4O2S/c14-13(16-8-10-4-3-5-10)17-9-11-6-1-2-7-12(11)20(15,18)19/h1-2,6-7,10H,3-5,8-9H2,(H3,14,16,17)(H2,15,18,19). The number of nitrogens with zero attached hydrogens (tertiary/aromatic N) is 1. The molecule has 0 unspecified atom stereocenters. The van der Waals surface area contributed by atoms with Crippen molar-refractivity contribution in [1.29, 1.82) is 0 Å². The van der Waals surface area contributed by atoms with Gasteiger partial charge in [0.1, 0.15) is 0 Å². The molecule has 0 aromatic heterocycles. The number of benzene rings is 1. The molecule has 1 aromatic carbocycles. The summed E-state index contributed by atoms with van der Waals surface area (Å²) in [5, 5.41) is 8.22. The van der Waals surface area contributed by atoms with Crippen LogP contribution in [0.2, 0.25) is 0 Å². The van der Waals surface area contributed by atoms with Crippen LogP contribution in [0.15, 0.2) is 34.2 Å². The molecule has 1 aliphatic rings. The van der Waals surface area contributed by atoms with E-state index in [0.29, 0.717) is 17.4 Å². The Hall–Kier alpha value is -1.60. The van der Waals surface area contributed by atoms with Crippen molar-refractivity contribution in [2.75, 3.05) is 6.54 Å². The molecule has 0 heterocycles. The van der Waals surface area contributed by atoms with Gasteiger partial charge in [-0.3, -0.25) is 0 Å². The fourth-order valence-electron chi connectivity index (χ4n) is 2.08. The van der Waals surface area contributed by atoms with Crippen LogP contribution in [0.25, 0.3) is 0 Å². The van der Waals surface area contributed by atoms with Crippen LogP contribution < -0.4 is 16.2 Å². The molecule has 0 atom stereocenters. The number of hydrogen-bond acceptors (Lipinski definition) is 3. The van der Waals surface area contributed by atoms with Crippen molar-refractivity contribution < 1.29 is 8.42 Å². The van der Waals surface area contributed by atoms with E-state index in [1.165, 1.54) is 25.3 Å². The normalized spacial score (nSPS) is 16.8. The Balaban J connectivity index is 1.99. The molecule has 20 heavy (non-hydrogen) atoms. The van der Waals surface area contributed by atoms with E-state index in [-0.39, 0.29) is 11.4 Å². The van der Waals surface area contributed by atoms with Gasteiger partial charge in [0.25, 0.3) is 0 Å². The summed E-state index contributed by atoms with van der Waals surface area (Å²) in [4.78, 5) is 4.26. The van der Waals surface area contributed by atoms with Crippen LogP contribution in [0.5, 0.6) is 0 Å². The Labute approximate surface area is 119 Å². The fourth-order valence-corrected chi connectivity index (χ4v) is 2.85. The Morgan fingerprint density at radius 3 is 2.65 bits per heavy atom. The molecule has 1 aliphatic carbocycles. The SMILES string of the molecule is NC(=NCc1ccccc1S(N)(=O)=O)NCC1CCC1. The summed E-state index contributed by atoms with van der Waals surface area (Å²) in [5.41, 5.74) is 6.31. The number of hydrogen-bond donors (Lipinski definition) is 3. The third-order valence-corrected chi connectivity index (χ3v) is 4.51. The maximum atomic E-state index is 11.4. The number of sulfonamides is 1. The third kappa shape index (κ3) is 3.94. The van der Waals surface area contributed by atoms with Gasteiger partial charge in [0, 0.05) is 6.54 Å². The average molecular weight is 296 g/mol. The van der Waals surface area contributed by atoms with Gasteiger partial charge in [0.05, 0.1) is 11.4 Å². The zero-order valence-corrected chi connectivity index (χ0v) is 12.1.